The van der Waals surface area contributed by atoms with Crippen LogP contribution in [0.3, 0.4) is 0 Å². The Morgan fingerprint density at radius 3 is 2.44 bits per heavy atom. The van der Waals surface area contributed by atoms with Crippen LogP contribution < -0.4 is 10.2 Å². The summed E-state index contributed by atoms with van der Waals surface area (Å²) >= 11 is 0. The molecular weight excluding hydrogens is 338 g/mol. The summed E-state index contributed by atoms with van der Waals surface area (Å²) < 4.78 is 5.48. The summed E-state index contributed by atoms with van der Waals surface area (Å²) in [4.78, 5) is 16.9. The minimum absolute atomic E-state index is 0.0361. The fourth-order valence-corrected chi connectivity index (χ4v) is 4.10. The Morgan fingerprint density at radius 1 is 1.19 bits per heavy atom. The van der Waals surface area contributed by atoms with E-state index in [0.29, 0.717) is 6.04 Å². The molecule has 0 spiro atoms. The van der Waals surface area contributed by atoms with Gasteiger partial charge in [-0.3, -0.25) is 9.69 Å². The predicted molar refractivity (Wildman–Crippen MR) is 112 cm³/mol. The number of nitrogens with zero attached hydrogens (tertiary/aromatic N) is 2. The molecular formula is C22H33N3O2. The van der Waals surface area contributed by atoms with Gasteiger partial charge in [-0.1, -0.05) is 33.4 Å². The van der Waals surface area contributed by atoms with E-state index in [1.165, 1.54) is 24.6 Å². The van der Waals surface area contributed by atoms with Gasteiger partial charge >= 0.3 is 0 Å². The molecule has 0 atom stereocenters. The number of benzene rings is 1. The number of ether oxygens (including phenoxy) is 1. The molecule has 0 aromatic heterocycles. The number of carbonyl (C=O) groups is 1. The first-order valence-corrected chi connectivity index (χ1v) is 10.0. The molecule has 1 aromatic carbocycles. The zero-order valence-electron chi connectivity index (χ0n) is 17.0. The van der Waals surface area contributed by atoms with Gasteiger partial charge in [0, 0.05) is 43.6 Å². The summed E-state index contributed by atoms with van der Waals surface area (Å²) in [6, 6.07) is 7.14. The SMILES string of the molecule is C=CC(=O)Nc1cc(N2CCC(N3CCOCC3)CC2)ccc1C(C)(C)C. The molecule has 0 bridgehead atoms. The molecule has 1 N–H and O–H groups in total. The Labute approximate surface area is 163 Å². The number of amides is 1. The first-order chi connectivity index (χ1) is 12.9. The van der Waals surface area contributed by atoms with E-state index in [4.69, 9.17) is 4.74 Å². The molecule has 2 aliphatic heterocycles. The van der Waals surface area contributed by atoms with Crippen molar-refractivity contribution in [2.45, 2.75) is 45.1 Å². The van der Waals surface area contributed by atoms with Gasteiger partial charge in [-0.15, -0.1) is 0 Å². The second-order valence-electron chi connectivity index (χ2n) is 8.54. The maximum absolute atomic E-state index is 11.9. The molecule has 1 aromatic rings. The molecule has 3 rings (SSSR count). The zero-order chi connectivity index (χ0) is 19.4. The molecule has 2 fully saturated rings. The molecule has 5 nitrogen and oxygen atoms in total. The van der Waals surface area contributed by atoms with Crippen LogP contribution in [0.25, 0.3) is 0 Å². The van der Waals surface area contributed by atoms with Gasteiger partial charge in [-0.2, -0.15) is 0 Å². The number of nitrogens with one attached hydrogen (secondary N) is 1. The van der Waals surface area contributed by atoms with Gasteiger partial charge < -0.3 is 15.0 Å². The van der Waals surface area contributed by atoms with Gasteiger partial charge in [0.2, 0.25) is 5.91 Å². The Bertz CT molecular complexity index is 667. The number of carbonyl (C=O) groups excluding carboxylic acids is 1. The molecule has 148 valence electrons. The molecule has 0 radical (unpaired) electrons. The topological polar surface area (TPSA) is 44.8 Å². The summed E-state index contributed by atoms with van der Waals surface area (Å²) in [6.45, 7) is 16.0. The van der Waals surface area contributed by atoms with Crippen LogP contribution in [0.4, 0.5) is 11.4 Å². The molecule has 2 aliphatic rings. The van der Waals surface area contributed by atoms with Crippen LogP contribution in [-0.2, 0) is 14.9 Å². The molecule has 27 heavy (non-hydrogen) atoms. The van der Waals surface area contributed by atoms with Crippen LogP contribution in [0.1, 0.15) is 39.2 Å². The molecule has 0 saturated carbocycles. The van der Waals surface area contributed by atoms with E-state index >= 15 is 0 Å². The third-order valence-corrected chi connectivity index (χ3v) is 5.65. The van der Waals surface area contributed by atoms with Crippen LogP contribution in [0, 0.1) is 0 Å². The highest BCUT2D eigenvalue weighted by molar-refractivity contribution is 5.99. The monoisotopic (exact) mass is 371 g/mol. The highest BCUT2D eigenvalue weighted by atomic mass is 16.5. The molecule has 0 unspecified atom stereocenters. The van der Waals surface area contributed by atoms with Gasteiger partial charge in [0.05, 0.1) is 13.2 Å². The molecule has 2 saturated heterocycles. The van der Waals surface area contributed by atoms with E-state index in [-0.39, 0.29) is 11.3 Å². The van der Waals surface area contributed by atoms with Crippen LogP contribution in [0.2, 0.25) is 0 Å². The molecule has 5 heteroatoms. The van der Waals surface area contributed by atoms with Crippen molar-refractivity contribution in [3.8, 4) is 0 Å². The quantitative estimate of drug-likeness (QED) is 0.824. The smallest absolute Gasteiger partial charge is 0.247 e. The van der Waals surface area contributed by atoms with E-state index in [1.54, 1.807) is 0 Å². The minimum atomic E-state index is -0.163. The second-order valence-corrected chi connectivity index (χ2v) is 8.54. The van der Waals surface area contributed by atoms with E-state index in [9.17, 15) is 4.79 Å². The summed E-state index contributed by atoms with van der Waals surface area (Å²) in [6.07, 6.45) is 3.68. The molecule has 1 amide bonds. The van der Waals surface area contributed by atoms with E-state index in [0.717, 1.165) is 50.6 Å². The first-order valence-electron chi connectivity index (χ1n) is 10.0. The van der Waals surface area contributed by atoms with Crippen molar-refractivity contribution in [3.05, 3.63) is 36.4 Å². The average molecular weight is 372 g/mol. The number of morpholine rings is 1. The van der Waals surface area contributed by atoms with Crippen molar-refractivity contribution in [1.82, 2.24) is 4.90 Å². The summed E-state index contributed by atoms with van der Waals surface area (Å²) in [5.41, 5.74) is 3.18. The Hall–Kier alpha value is -1.85. The summed E-state index contributed by atoms with van der Waals surface area (Å²) in [5.74, 6) is -0.163. The van der Waals surface area contributed by atoms with Gasteiger partial charge in [0.15, 0.2) is 0 Å². The van der Waals surface area contributed by atoms with Gasteiger partial charge in [-0.25, -0.2) is 0 Å². The largest absolute Gasteiger partial charge is 0.379 e. The fraction of sp³-hybridized carbons (Fsp3) is 0.591. The number of rotatable bonds is 4. The van der Waals surface area contributed by atoms with Crippen LogP contribution in [-0.4, -0.2) is 56.2 Å². The standard InChI is InChI=1S/C22H33N3O2/c1-5-21(26)23-20-16-18(6-7-19(20)22(2,3)4)24-10-8-17(9-11-24)25-12-14-27-15-13-25/h5-7,16-17H,1,8-15H2,2-4H3,(H,23,26). The van der Waals surface area contributed by atoms with Gasteiger partial charge in [0.1, 0.15) is 0 Å². The van der Waals surface area contributed by atoms with Crippen molar-refractivity contribution in [3.63, 3.8) is 0 Å². The van der Waals surface area contributed by atoms with E-state index < -0.39 is 0 Å². The lowest BCUT2D eigenvalue weighted by atomic mass is 9.85. The first kappa shape index (κ1) is 19.9. The van der Waals surface area contributed by atoms with Crippen molar-refractivity contribution in [2.75, 3.05) is 49.6 Å². The maximum atomic E-state index is 11.9. The van der Waals surface area contributed by atoms with Crippen molar-refractivity contribution >= 4 is 17.3 Å². The lowest BCUT2D eigenvalue weighted by Crippen LogP contribution is -2.49. The van der Waals surface area contributed by atoms with Crippen molar-refractivity contribution in [2.24, 2.45) is 0 Å². The maximum Gasteiger partial charge on any atom is 0.247 e. The Morgan fingerprint density at radius 2 is 1.85 bits per heavy atom. The lowest BCUT2D eigenvalue weighted by molar-refractivity contribution is -0.111. The summed E-state index contributed by atoms with van der Waals surface area (Å²) in [7, 11) is 0. The second kappa shape index (κ2) is 8.44. The van der Waals surface area contributed by atoms with Crippen LogP contribution in [0.15, 0.2) is 30.9 Å². The van der Waals surface area contributed by atoms with Gasteiger partial charge in [-0.05, 0) is 42.0 Å². The van der Waals surface area contributed by atoms with Gasteiger partial charge in [0.25, 0.3) is 0 Å². The number of piperidine rings is 1. The number of hydrogen-bond acceptors (Lipinski definition) is 4. The fourth-order valence-electron chi connectivity index (χ4n) is 4.10. The Balaban J connectivity index is 1.72. The minimum Gasteiger partial charge on any atom is -0.379 e. The lowest BCUT2D eigenvalue weighted by Gasteiger charge is -2.41. The molecule has 2 heterocycles. The van der Waals surface area contributed by atoms with Crippen molar-refractivity contribution in [1.29, 1.82) is 0 Å². The third-order valence-electron chi connectivity index (χ3n) is 5.65. The highest BCUT2D eigenvalue weighted by Crippen LogP contribution is 2.34. The van der Waals surface area contributed by atoms with E-state index in [2.05, 4.69) is 60.7 Å². The summed E-state index contributed by atoms with van der Waals surface area (Å²) in [5, 5.41) is 3.00. The van der Waals surface area contributed by atoms with Crippen molar-refractivity contribution < 1.29 is 9.53 Å². The average Bonchev–Trinajstić information content (AvgIpc) is 2.68. The van der Waals surface area contributed by atoms with E-state index in [1.807, 2.05) is 0 Å². The van der Waals surface area contributed by atoms with Crippen LogP contribution >= 0.6 is 0 Å². The predicted octanol–water partition coefficient (Wildman–Crippen LogP) is 3.41. The Kier molecular flexibility index (Phi) is 6.22. The third kappa shape index (κ3) is 4.90. The molecule has 0 aliphatic carbocycles. The number of hydrogen-bond donors (Lipinski definition) is 1. The normalized spacial score (nSPS) is 19.7. The number of anilines is 2. The zero-order valence-corrected chi connectivity index (χ0v) is 17.0. The van der Waals surface area contributed by atoms with Crippen LogP contribution in [0.5, 0.6) is 0 Å². The highest BCUT2D eigenvalue weighted by Gasteiger charge is 2.27.